The number of nitrogens with zero attached hydrogens (tertiary/aromatic N) is 2. The Kier molecular flexibility index (Phi) is 7.85. The number of rotatable bonds is 8. The quantitative estimate of drug-likeness (QED) is 0.442. The van der Waals surface area contributed by atoms with E-state index in [0.29, 0.717) is 42.9 Å². The molecule has 3 heterocycles. The van der Waals surface area contributed by atoms with Crippen molar-refractivity contribution in [3.8, 4) is 0 Å². The Morgan fingerprint density at radius 3 is 2.57 bits per heavy atom. The number of ether oxygens (including phenoxy) is 2. The highest BCUT2D eigenvalue weighted by Crippen LogP contribution is 2.37. The Hall–Kier alpha value is -3.20. The van der Waals surface area contributed by atoms with Gasteiger partial charge in [-0.25, -0.2) is 4.79 Å². The molecule has 4 rings (SSSR count). The third-order valence-electron chi connectivity index (χ3n) is 7.03. The van der Waals surface area contributed by atoms with Crippen molar-refractivity contribution in [3.63, 3.8) is 0 Å². The number of hydrogen-bond acceptors (Lipinski definition) is 6. The zero-order valence-corrected chi connectivity index (χ0v) is 20.5. The van der Waals surface area contributed by atoms with Crippen LogP contribution in [0.5, 0.6) is 0 Å². The molecule has 0 bridgehead atoms. The van der Waals surface area contributed by atoms with E-state index in [1.54, 1.807) is 31.3 Å². The average Bonchev–Trinajstić information content (AvgIpc) is 3.17. The minimum Gasteiger partial charge on any atom is -0.462 e. The van der Waals surface area contributed by atoms with Crippen LogP contribution in [0.25, 0.3) is 0 Å². The molecule has 1 spiro atoms. The van der Waals surface area contributed by atoms with E-state index in [9.17, 15) is 14.4 Å². The van der Waals surface area contributed by atoms with Crippen LogP contribution < -0.4 is 10.6 Å². The highest BCUT2D eigenvalue weighted by molar-refractivity contribution is 5.96. The van der Waals surface area contributed by atoms with Crippen LogP contribution in [0.15, 0.2) is 24.3 Å². The largest absolute Gasteiger partial charge is 0.462 e. The molecule has 1 aromatic heterocycles. The van der Waals surface area contributed by atoms with Gasteiger partial charge in [0, 0.05) is 44.5 Å². The zero-order chi connectivity index (χ0) is 24.8. The predicted octanol–water partition coefficient (Wildman–Crippen LogP) is 2.53. The fraction of sp³-hybridized carbons (Fsp3) is 0.538. The van der Waals surface area contributed by atoms with E-state index in [0.717, 1.165) is 56.6 Å². The Balaban J connectivity index is 1.34. The molecule has 0 atom stereocenters. The first kappa shape index (κ1) is 24.9. The summed E-state index contributed by atoms with van der Waals surface area (Å²) in [7, 11) is 1.56. The maximum Gasteiger partial charge on any atom is 0.338 e. The third-order valence-corrected chi connectivity index (χ3v) is 7.03. The molecule has 2 N–H and O–H groups in total. The molecule has 9 heteroatoms. The van der Waals surface area contributed by atoms with Crippen LogP contribution in [-0.4, -0.2) is 61.0 Å². The second kappa shape index (κ2) is 11.0. The summed E-state index contributed by atoms with van der Waals surface area (Å²) in [6.07, 6.45) is 4.93. The lowest BCUT2D eigenvalue weighted by Crippen LogP contribution is -2.40. The Morgan fingerprint density at radius 1 is 1.17 bits per heavy atom. The summed E-state index contributed by atoms with van der Waals surface area (Å²) in [5, 5.41) is 10.5. The van der Waals surface area contributed by atoms with Gasteiger partial charge in [0.1, 0.15) is 5.69 Å². The molecule has 188 valence electrons. The van der Waals surface area contributed by atoms with Crippen molar-refractivity contribution in [2.75, 3.05) is 33.4 Å². The van der Waals surface area contributed by atoms with Crippen molar-refractivity contribution >= 4 is 17.8 Å². The van der Waals surface area contributed by atoms with Crippen LogP contribution in [0.3, 0.4) is 0 Å². The second-order valence-corrected chi connectivity index (χ2v) is 9.31. The third kappa shape index (κ3) is 5.56. The van der Waals surface area contributed by atoms with E-state index in [1.807, 2.05) is 11.6 Å². The number of carbonyl (C=O) groups excluding carboxylic acids is 3. The summed E-state index contributed by atoms with van der Waals surface area (Å²) in [6, 6.07) is 6.40. The van der Waals surface area contributed by atoms with E-state index in [-0.39, 0.29) is 17.2 Å². The van der Waals surface area contributed by atoms with Gasteiger partial charge in [-0.05, 0) is 75.1 Å². The first-order chi connectivity index (χ1) is 17.0. The van der Waals surface area contributed by atoms with Gasteiger partial charge in [-0.2, -0.15) is 5.10 Å². The molecule has 2 aromatic rings. The zero-order valence-electron chi connectivity index (χ0n) is 20.5. The first-order valence-electron chi connectivity index (χ1n) is 12.4. The van der Waals surface area contributed by atoms with Crippen LogP contribution in [0.1, 0.15) is 75.1 Å². The van der Waals surface area contributed by atoms with E-state index in [1.165, 1.54) is 0 Å². The molecular formula is C26H34N4O5. The summed E-state index contributed by atoms with van der Waals surface area (Å²) in [4.78, 5) is 36.8. The number of amides is 2. The van der Waals surface area contributed by atoms with Crippen molar-refractivity contribution in [1.82, 2.24) is 20.4 Å². The maximum atomic E-state index is 12.9. The topological polar surface area (TPSA) is 112 Å². The molecule has 0 unspecified atom stereocenters. The van der Waals surface area contributed by atoms with E-state index < -0.39 is 5.97 Å². The summed E-state index contributed by atoms with van der Waals surface area (Å²) in [5.74, 6) is -0.649. The molecule has 2 aliphatic rings. The smallest absolute Gasteiger partial charge is 0.338 e. The predicted molar refractivity (Wildman–Crippen MR) is 129 cm³/mol. The van der Waals surface area contributed by atoms with Crippen LogP contribution in [-0.2, 0) is 28.9 Å². The van der Waals surface area contributed by atoms with Gasteiger partial charge in [-0.1, -0.05) is 0 Å². The number of unbranched alkanes of at least 4 members (excludes halogenated alkanes) is 1. The number of hydrogen-bond donors (Lipinski definition) is 2. The van der Waals surface area contributed by atoms with Gasteiger partial charge < -0.3 is 20.1 Å². The number of esters is 1. The fourth-order valence-electron chi connectivity index (χ4n) is 4.91. The Labute approximate surface area is 205 Å². The number of benzene rings is 1. The van der Waals surface area contributed by atoms with Gasteiger partial charge in [0.25, 0.3) is 11.8 Å². The van der Waals surface area contributed by atoms with Crippen LogP contribution in [0.2, 0.25) is 0 Å². The molecule has 2 amide bonds. The highest BCUT2D eigenvalue weighted by Gasteiger charge is 2.39. The lowest BCUT2D eigenvalue weighted by atomic mass is 9.75. The van der Waals surface area contributed by atoms with Gasteiger partial charge in [0.2, 0.25) is 0 Å². The lowest BCUT2D eigenvalue weighted by Gasteiger charge is -2.36. The molecule has 0 saturated carbocycles. The summed E-state index contributed by atoms with van der Waals surface area (Å²) < 4.78 is 12.8. The maximum absolute atomic E-state index is 12.9. The van der Waals surface area contributed by atoms with Gasteiger partial charge in [-0.3, -0.25) is 14.3 Å². The van der Waals surface area contributed by atoms with Crippen molar-refractivity contribution in [3.05, 3.63) is 52.3 Å². The lowest BCUT2D eigenvalue weighted by molar-refractivity contribution is 0.0160. The monoisotopic (exact) mass is 482 g/mol. The summed E-state index contributed by atoms with van der Waals surface area (Å²) in [5.41, 5.74) is 3.66. The van der Waals surface area contributed by atoms with E-state index in [4.69, 9.17) is 14.6 Å². The van der Waals surface area contributed by atoms with Crippen molar-refractivity contribution in [2.24, 2.45) is 5.41 Å². The van der Waals surface area contributed by atoms with Crippen molar-refractivity contribution in [2.45, 2.75) is 52.0 Å². The van der Waals surface area contributed by atoms with Gasteiger partial charge in [-0.15, -0.1) is 0 Å². The first-order valence-corrected chi connectivity index (χ1v) is 12.4. The molecule has 2 aliphatic heterocycles. The number of aryl methyl sites for hydroxylation is 2. The standard InChI is InChI=1S/C26H34N4O5/c1-3-30-22-20(16-26(17-28-24(22)32)11-14-34-15-12-26)21(29-30)6-4-5-13-35-25(33)19-9-7-18(8-10-19)23(31)27-2/h7-10H,3-6,11-17H2,1-2H3,(H,27,31)(H,28,32). The van der Waals surface area contributed by atoms with E-state index >= 15 is 0 Å². The minimum absolute atomic E-state index is 0.0262. The SMILES string of the molecule is CCn1nc(CCCCOC(=O)c2ccc(C(=O)NC)cc2)c2c1C(=O)NCC1(CCOCC1)C2. The van der Waals surface area contributed by atoms with Crippen LogP contribution in [0.4, 0.5) is 0 Å². The summed E-state index contributed by atoms with van der Waals surface area (Å²) >= 11 is 0. The molecular weight excluding hydrogens is 448 g/mol. The minimum atomic E-state index is -0.407. The van der Waals surface area contributed by atoms with Crippen LogP contribution in [0, 0.1) is 5.41 Å². The van der Waals surface area contributed by atoms with Crippen molar-refractivity contribution < 1.29 is 23.9 Å². The fourth-order valence-corrected chi connectivity index (χ4v) is 4.91. The molecule has 9 nitrogen and oxygen atoms in total. The number of nitrogens with one attached hydrogen (secondary N) is 2. The normalized spacial score (nSPS) is 16.8. The molecule has 0 aliphatic carbocycles. The van der Waals surface area contributed by atoms with Gasteiger partial charge >= 0.3 is 5.97 Å². The Bertz CT molecular complexity index is 1070. The average molecular weight is 483 g/mol. The number of aromatic nitrogens is 2. The molecule has 1 aromatic carbocycles. The molecule has 1 fully saturated rings. The molecule has 35 heavy (non-hydrogen) atoms. The van der Waals surface area contributed by atoms with Crippen molar-refractivity contribution in [1.29, 1.82) is 0 Å². The molecule has 0 radical (unpaired) electrons. The summed E-state index contributed by atoms with van der Waals surface area (Å²) in [6.45, 7) is 5.06. The highest BCUT2D eigenvalue weighted by atomic mass is 16.5. The van der Waals surface area contributed by atoms with Crippen LogP contribution >= 0.6 is 0 Å². The van der Waals surface area contributed by atoms with E-state index in [2.05, 4.69) is 10.6 Å². The second-order valence-electron chi connectivity index (χ2n) is 9.31. The number of fused-ring (bicyclic) bond motifs is 1. The van der Waals surface area contributed by atoms with Gasteiger partial charge in [0.15, 0.2) is 0 Å². The number of carbonyl (C=O) groups is 3. The Morgan fingerprint density at radius 2 is 1.89 bits per heavy atom. The van der Waals surface area contributed by atoms with Gasteiger partial charge in [0.05, 0.1) is 17.9 Å². The molecule has 1 saturated heterocycles.